The molecule has 1 aromatic carbocycles. The molecule has 0 saturated carbocycles. The van der Waals surface area contributed by atoms with Crippen LogP contribution < -0.4 is 5.32 Å². The van der Waals surface area contributed by atoms with E-state index < -0.39 is 0 Å². The molecule has 0 aliphatic carbocycles. The molecular formula is C16H16N2O2S. The average Bonchev–Trinajstić information content (AvgIpc) is 2.99. The fourth-order valence-electron chi connectivity index (χ4n) is 1.72. The van der Waals surface area contributed by atoms with Gasteiger partial charge in [-0.15, -0.1) is 0 Å². The molecule has 4 nitrogen and oxygen atoms in total. The molecule has 2 aromatic rings. The molecule has 0 spiro atoms. The molecule has 0 bridgehead atoms. The van der Waals surface area contributed by atoms with Crippen molar-refractivity contribution in [2.45, 2.75) is 6.54 Å². The Bertz CT molecular complexity index is 621. The Morgan fingerprint density at radius 2 is 2.05 bits per heavy atom. The summed E-state index contributed by atoms with van der Waals surface area (Å²) < 4.78 is 5.11. The van der Waals surface area contributed by atoms with E-state index in [0.29, 0.717) is 17.4 Å². The van der Waals surface area contributed by atoms with Gasteiger partial charge in [0, 0.05) is 19.7 Å². The zero-order valence-corrected chi connectivity index (χ0v) is 12.5. The third-order valence-electron chi connectivity index (χ3n) is 2.78. The molecule has 5 heteroatoms. The number of thiocarbonyl (C=S) groups is 1. The molecule has 1 heterocycles. The number of carbonyl (C=O) groups is 1. The number of rotatable bonds is 4. The van der Waals surface area contributed by atoms with Gasteiger partial charge < -0.3 is 9.32 Å². The van der Waals surface area contributed by atoms with Gasteiger partial charge in [-0.05, 0) is 36.0 Å². The van der Waals surface area contributed by atoms with Gasteiger partial charge in [0.15, 0.2) is 5.11 Å². The van der Waals surface area contributed by atoms with Gasteiger partial charge in [0.25, 0.3) is 0 Å². The van der Waals surface area contributed by atoms with E-state index in [0.717, 1.165) is 5.56 Å². The Morgan fingerprint density at radius 3 is 2.71 bits per heavy atom. The molecule has 0 fully saturated rings. The lowest BCUT2D eigenvalue weighted by atomic mass is 10.2. The SMILES string of the molecule is CN(Cc1ccccc1)C(=S)NC(=O)/C=C/c1ccco1. The molecule has 0 saturated heterocycles. The van der Waals surface area contributed by atoms with E-state index in [1.165, 1.54) is 6.08 Å². The Hall–Kier alpha value is -2.40. The number of hydrogen-bond donors (Lipinski definition) is 1. The minimum atomic E-state index is -0.281. The first kappa shape index (κ1) is 15.0. The number of benzene rings is 1. The van der Waals surface area contributed by atoms with Crippen molar-refractivity contribution in [1.82, 2.24) is 10.2 Å². The number of nitrogens with zero attached hydrogens (tertiary/aromatic N) is 1. The highest BCUT2D eigenvalue weighted by molar-refractivity contribution is 7.80. The van der Waals surface area contributed by atoms with Crippen molar-refractivity contribution in [2.75, 3.05) is 7.05 Å². The number of furan rings is 1. The van der Waals surface area contributed by atoms with Crippen LogP contribution in [0, 0.1) is 0 Å². The quantitative estimate of drug-likeness (QED) is 0.696. The molecular weight excluding hydrogens is 284 g/mol. The maximum Gasteiger partial charge on any atom is 0.250 e. The number of amides is 1. The van der Waals surface area contributed by atoms with Crippen LogP contribution in [0.3, 0.4) is 0 Å². The van der Waals surface area contributed by atoms with Crippen LogP contribution in [-0.4, -0.2) is 23.0 Å². The highest BCUT2D eigenvalue weighted by Crippen LogP contribution is 2.04. The second-order valence-electron chi connectivity index (χ2n) is 4.48. The van der Waals surface area contributed by atoms with Crippen LogP contribution in [-0.2, 0) is 11.3 Å². The van der Waals surface area contributed by atoms with Crippen molar-refractivity contribution >= 4 is 29.3 Å². The van der Waals surface area contributed by atoms with Crippen LogP contribution in [0.5, 0.6) is 0 Å². The van der Waals surface area contributed by atoms with E-state index in [4.69, 9.17) is 16.6 Å². The minimum absolute atomic E-state index is 0.281. The first-order valence-electron chi connectivity index (χ1n) is 6.47. The fraction of sp³-hybridized carbons (Fsp3) is 0.125. The summed E-state index contributed by atoms with van der Waals surface area (Å²) in [5.74, 6) is 0.338. The van der Waals surface area contributed by atoms with Gasteiger partial charge in [0.05, 0.1) is 6.26 Å². The van der Waals surface area contributed by atoms with Crippen LogP contribution in [0.4, 0.5) is 0 Å². The average molecular weight is 300 g/mol. The topological polar surface area (TPSA) is 45.5 Å². The van der Waals surface area contributed by atoms with Crippen molar-refractivity contribution in [3.05, 3.63) is 66.1 Å². The van der Waals surface area contributed by atoms with E-state index >= 15 is 0 Å². The van der Waals surface area contributed by atoms with Crippen molar-refractivity contribution in [3.63, 3.8) is 0 Å². The zero-order valence-electron chi connectivity index (χ0n) is 11.7. The molecule has 1 N–H and O–H groups in total. The van der Waals surface area contributed by atoms with Gasteiger partial charge in [0.1, 0.15) is 5.76 Å². The molecule has 0 unspecified atom stereocenters. The molecule has 0 aliphatic rings. The maximum absolute atomic E-state index is 11.8. The molecule has 108 valence electrons. The summed E-state index contributed by atoms with van der Waals surface area (Å²) in [5, 5.41) is 3.03. The van der Waals surface area contributed by atoms with Gasteiger partial charge in [0.2, 0.25) is 5.91 Å². The number of hydrogen-bond acceptors (Lipinski definition) is 3. The fourth-order valence-corrected chi connectivity index (χ4v) is 1.88. The van der Waals surface area contributed by atoms with Gasteiger partial charge in [-0.1, -0.05) is 30.3 Å². The molecule has 1 aromatic heterocycles. The summed E-state index contributed by atoms with van der Waals surface area (Å²) in [6.45, 7) is 0.641. The lowest BCUT2D eigenvalue weighted by Crippen LogP contribution is -2.39. The third kappa shape index (κ3) is 4.89. The lowest BCUT2D eigenvalue weighted by Gasteiger charge is -2.19. The van der Waals surface area contributed by atoms with Gasteiger partial charge in [-0.2, -0.15) is 0 Å². The second kappa shape index (κ2) is 7.40. The number of carbonyl (C=O) groups excluding carboxylic acids is 1. The molecule has 0 radical (unpaired) electrons. The van der Waals surface area contributed by atoms with Crippen LogP contribution in [0.25, 0.3) is 6.08 Å². The largest absolute Gasteiger partial charge is 0.465 e. The van der Waals surface area contributed by atoms with Crippen LogP contribution in [0.2, 0.25) is 0 Å². The first-order chi connectivity index (χ1) is 10.1. The van der Waals surface area contributed by atoms with Gasteiger partial charge in [-0.3, -0.25) is 10.1 Å². The van der Waals surface area contributed by atoms with E-state index in [9.17, 15) is 4.79 Å². The molecule has 2 rings (SSSR count). The lowest BCUT2D eigenvalue weighted by molar-refractivity contribution is -0.115. The monoisotopic (exact) mass is 300 g/mol. The Kier molecular flexibility index (Phi) is 5.29. The highest BCUT2D eigenvalue weighted by Gasteiger charge is 2.07. The predicted octanol–water partition coefficient (Wildman–Crippen LogP) is 2.83. The standard InChI is InChI=1S/C16H16N2O2S/c1-18(12-13-6-3-2-4-7-13)16(21)17-15(19)10-9-14-8-5-11-20-14/h2-11H,12H2,1H3,(H,17,19,21)/b10-9+. The van der Waals surface area contributed by atoms with Crippen molar-refractivity contribution in [3.8, 4) is 0 Å². The molecule has 21 heavy (non-hydrogen) atoms. The van der Waals surface area contributed by atoms with Crippen molar-refractivity contribution in [2.24, 2.45) is 0 Å². The van der Waals surface area contributed by atoms with Crippen molar-refractivity contribution < 1.29 is 9.21 Å². The van der Waals surface area contributed by atoms with E-state index in [1.807, 2.05) is 42.3 Å². The van der Waals surface area contributed by atoms with Crippen LogP contribution >= 0.6 is 12.2 Å². The van der Waals surface area contributed by atoms with Gasteiger partial charge >= 0.3 is 0 Å². The Labute approximate surface area is 129 Å². The van der Waals surface area contributed by atoms with E-state index in [-0.39, 0.29) is 5.91 Å². The van der Waals surface area contributed by atoms with Crippen molar-refractivity contribution in [1.29, 1.82) is 0 Å². The Morgan fingerprint density at radius 1 is 1.29 bits per heavy atom. The summed E-state index contributed by atoms with van der Waals surface area (Å²) in [6, 6.07) is 13.5. The first-order valence-corrected chi connectivity index (χ1v) is 6.87. The third-order valence-corrected chi connectivity index (χ3v) is 3.20. The molecule has 1 amide bonds. The van der Waals surface area contributed by atoms with E-state index in [2.05, 4.69) is 5.32 Å². The Balaban J connectivity index is 1.84. The van der Waals surface area contributed by atoms with Gasteiger partial charge in [-0.25, -0.2) is 0 Å². The summed E-state index contributed by atoms with van der Waals surface area (Å²) in [4.78, 5) is 13.6. The summed E-state index contributed by atoms with van der Waals surface area (Å²) in [5.41, 5.74) is 1.13. The highest BCUT2D eigenvalue weighted by atomic mass is 32.1. The van der Waals surface area contributed by atoms with Crippen LogP contribution in [0.15, 0.2) is 59.2 Å². The molecule has 0 aliphatic heterocycles. The van der Waals surface area contributed by atoms with Crippen LogP contribution in [0.1, 0.15) is 11.3 Å². The summed E-state index contributed by atoms with van der Waals surface area (Å²) in [6.07, 6.45) is 4.53. The predicted molar refractivity (Wildman–Crippen MR) is 86.4 cm³/mol. The maximum atomic E-state index is 11.8. The smallest absolute Gasteiger partial charge is 0.250 e. The van der Waals surface area contributed by atoms with E-state index in [1.54, 1.807) is 24.5 Å². The zero-order chi connectivity index (χ0) is 15.1. The summed E-state index contributed by atoms with van der Waals surface area (Å²) in [7, 11) is 1.84. The number of nitrogens with one attached hydrogen (secondary N) is 1. The molecule has 0 atom stereocenters. The summed E-state index contributed by atoms with van der Waals surface area (Å²) >= 11 is 5.20. The minimum Gasteiger partial charge on any atom is -0.465 e. The normalized spacial score (nSPS) is 10.5. The second-order valence-corrected chi connectivity index (χ2v) is 4.87.